The molecule has 0 aliphatic heterocycles. The van der Waals surface area contributed by atoms with E-state index in [9.17, 15) is 0 Å². The Morgan fingerprint density at radius 1 is 1.31 bits per heavy atom. The van der Waals surface area contributed by atoms with Gasteiger partial charge in [0.15, 0.2) is 0 Å². The summed E-state index contributed by atoms with van der Waals surface area (Å²) >= 11 is 4.87. The molecular formula is C10H9BrN4S. The first kappa shape index (κ1) is 11.5. The molecule has 0 saturated heterocycles. The molecule has 0 fully saturated rings. The minimum absolute atomic E-state index is 0.802. The number of halogens is 1. The number of aryl methyl sites for hydroxylation is 1. The third kappa shape index (κ3) is 2.99. The zero-order valence-electron chi connectivity index (χ0n) is 8.59. The van der Waals surface area contributed by atoms with Crippen LogP contribution in [0.15, 0.2) is 39.3 Å². The SMILES string of the molecule is CCc1nc(Br)cc(Sc2ccncn2)n1. The van der Waals surface area contributed by atoms with Gasteiger partial charge in [-0.05, 0) is 33.8 Å². The molecule has 0 bridgehead atoms. The molecule has 2 rings (SSSR count). The van der Waals surface area contributed by atoms with Crippen molar-refractivity contribution in [3.05, 3.63) is 35.1 Å². The smallest absolute Gasteiger partial charge is 0.130 e. The van der Waals surface area contributed by atoms with Gasteiger partial charge < -0.3 is 0 Å². The Kier molecular flexibility index (Phi) is 3.84. The van der Waals surface area contributed by atoms with Gasteiger partial charge in [0.2, 0.25) is 0 Å². The highest BCUT2D eigenvalue weighted by molar-refractivity contribution is 9.10. The van der Waals surface area contributed by atoms with Crippen LogP contribution in [-0.2, 0) is 6.42 Å². The van der Waals surface area contributed by atoms with Crippen LogP contribution in [0.1, 0.15) is 12.7 Å². The Morgan fingerprint density at radius 2 is 2.19 bits per heavy atom. The summed E-state index contributed by atoms with van der Waals surface area (Å²) < 4.78 is 0.802. The zero-order valence-corrected chi connectivity index (χ0v) is 11.0. The molecule has 82 valence electrons. The van der Waals surface area contributed by atoms with Crippen LogP contribution >= 0.6 is 27.7 Å². The van der Waals surface area contributed by atoms with E-state index < -0.39 is 0 Å². The lowest BCUT2D eigenvalue weighted by atomic mass is 10.4. The van der Waals surface area contributed by atoms with Crippen LogP contribution < -0.4 is 0 Å². The van der Waals surface area contributed by atoms with Gasteiger partial charge in [0, 0.05) is 18.7 Å². The minimum atomic E-state index is 0.802. The van der Waals surface area contributed by atoms with E-state index in [1.54, 1.807) is 6.20 Å². The van der Waals surface area contributed by atoms with Crippen molar-refractivity contribution in [3.63, 3.8) is 0 Å². The van der Waals surface area contributed by atoms with Crippen LogP contribution in [0.2, 0.25) is 0 Å². The first-order valence-corrected chi connectivity index (χ1v) is 6.36. The topological polar surface area (TPSA) is 51.6 Å². The molecule has 0 N–H and O–H groups in total. The van der Waals surface area contributed by atoms with Crippen molar-refractivity contribution in [2.24, 2.45) is 0 Å². The van der Waals surface area contributed by atoms with Crippen LogP contribution in [0.5, 0.6) is 0 Å². The van der Waals surface area contributed by atoms with Gasteiger partial charge in [0.1, 0.15) is 26.8 Å². The van der Waals surface area contributed by atoms with Crippen molar-refractivity contribution >= 4 is 27.7 Å². The van der Waals surface area contributed by atoms with Gasteiger partial charge in [-0.25, -0.2) is 19.9 Å². The van der Waals surface area contributed by atoms with Gasteiger partial charge >= 0.3 is 0 Å². The first-order valence-electron chi connectivity index (χ1n) is 4.75. The molecule has 2 heterocycles. The second-order valence-electron chi connectivity index (χ2n) is 2.95. The van der Waals surface area contributed by atoms with Gasteiger partial charge in [-0.1, -0.05) is 6.92 Å². The van der Waals surface area contributed by atoms with E-state index in [4.69, 9.17) is 0 Å². The molecule has 0 spiro atoms. The standard InChI is InChI=1S/C10H9BrN4S/c1-2-8-14-7(11)5-10(15-8)16-9-3-4-12-6-13-9/h3-6H,2H2,1H3. The van der Waals surface area contributed by atoms with Crippen LogP contribution in [0.4, 0.5) is 0 Å². The highest BCUT2D eigenvalue weighted by Crippen LogP contribution is 2.25. The summed E-state index contributed by atoms with van der Waals surface area (Å²) in [6, 6.07) is 3.73. The van der Waals surface area contributed by atoms with Gasteiger partial charge in [-0.3, -0.25) is 0 Å². The summed E-state index contributed by atoms with van der Waals surface area (Å²) in [6.45, 7) is 2.03. The number of hydrogen-bond acceptors (Lipinski definition) is 5. The van der Waals surface area contributed by atoms with Crippen LogP contribution in [-0.4, -0.2) is 19.9 Å². The molecule has 4 nitrogen and oxygen atoms in total. The minimum Gasteiger partial charge on any atom is -0.245 e. The van der Waals surface area contributed by atoms with E-state index in [1.807, 2.05) is 19.1 Å². The van der Waals surface area contributed by atoms with Gasteiger partial charge in [-0.15, -0.1) is 0 Å². The van der Waals surface area contributed by atoms with Crippen molar-refractivity contribution < 1.29 is 0 Å². The number of rotatable bonds is 3. The summed E-state index contributed by atoms with van der Waals surface area (Å²) in [6.07, 6.45) is 4.06. The predicted octanol–water partition coefficient (Wildman–Crippen LogP) is 2.74. The van der Waals surface area contributed by atoms with E-state index in [1.165, 1.54) is 18.1 Å². The third-order valence-corrected chi connectivity index (χ3v) is 3.07. The summed E-state index contributed by atoms with van der Waals surface area (Å²) in [5.41, 5.74) is 0. The van der Waals surface area contributed by atoms with Crippen molar-refractivity contribution in [3.8, 4) is 0 Å². The Labute approximate surface area is 106 Å². The highest BCUT2D eigenvalue weighted by atomic mass is 79.9. The first-order chi connectivity index (χ1) is 7.78. The van der Waals surface area contributed by atoms with E-state index in [-0.39, 0.29) is 0 Å². The summed E-state index contributed by atoms with van der Waals surface area (Å²) in [7, 11) is 0. The van der Waals surface area contributed by atoms with E-state index in [0.29, 0.717) is 0 Å². The molecular weight excluding hydrogens is 288 g/mol. The quantitative estimate of drug-likeness (QED) is 0.815. The summed E-state index contributed by atoms with van der Waals surface area (Å²) in [5.74, 6) is 0.825. The molecule has 0 atom stereocenters. The van der Waals surface area contributed by atoms with Crippen molar-refractivity contribution in [2.45, 2.75) is 23.4 Å². The molecule has 2 aromatic heterocycles. The number of aromatic nitrogens is 4. The van der Waals surface area contributed by atoms with Crippen LogP contribution in [0, 0.1) is 0 Å². The summed E-state index contributed by atoms with van der Waals surface area (Å²) in [5, 5.41) is 1.76. The fourth-order valence-electron chi connectivity index (χ4n) is 1.10. The number of hydrogen-bond donors (Lipinski definition) is 0. The lowest BCUT2D eigenvalue weighted by molar-refractivity contribution is 0.875. The van der Waals surface area contributed by atoms with Gasteiger partial charge in [0.25, 0.3) is 0 Å². The van der Waals surface area contributed by atoms with E-state index in [0.717, 1.165) is 26.9 Å². The fraction of sp³-hybridized carbons (Fsp3) is 0.200. The lowest BCUT2D eigenvalue weighted by Gasteiger charge is -2.02. The Morgan fingerprint density at radius 3 is 2.88 bits per heavy atom. The molecule has 0 aliphatic rings. The van der Waals surface area contributed by atoms with Crippen LogP contribution in [0.25, 0.3) is 0 Å². The second kappa shape index (κ2) is 5.36. The molecule has 16 heavy (non-hydrogen) atoms. The third-order valence-electron chi connectivity index (χ3n) is 1.80. The fourth-order valence-corrected chi connectivity index (χ4v) is 2.44. The monoisotopic (exact) mass is 296 g/mol. The molecule has 0 aliphatic carbocycles. The Hall–Kier alpha value is -1.01. The molecule has 0 amide bonds. The molecule has 0 unspecified atom stereocenters. The predicted molar refractivity (Wildman–Crippen MR) is 65.3 cm³/mol. The Balaban J connectivity index is 2.24. The maximum absolute atomic E-state index is 4.41. The normalized spacial score (nSPS) is 10.4. The zero-order chi connectivity index (χ0) is 11.4. The Bertz CT molecular complexity index is 478. The molecule has 0 saturated carbocycles. The largest absolute Gasteiger partial charge is 0.245 e. The van der Waals surface area contributed by atoms with Crippen molar-refractivity contribution in [1.82, 2.24) is 19.9 Å². The lowest BCUT2D eigenvalue weighted by Crippen LogP contribution is -1.94. The molecule has 0 radical (unpaired) electrons. The molecule has 0 aromatic carbocycles. The van der Waals surface area contributed by atoms with Gasteiger partial charge in [0.05, 0.1) is 0 Å². The van der Waals surface area contributed by atoms with E-state index >= 15 is 0 Å². The van der Waals surface area contributed by atoms with Crippen molar-refractivity contribution in [1.29, 1.82) is 0 Å². The average Bonchev–Trinajstić information content (AvgIpc) is 2.29. The maximum atomic E-state index is 4.41. The second-order valence-corrected chi connectivity index (χ2v) is 4.80. The van der Waals surface area contributed by atoms with Gasteiger partial charge in [-0.2, -0.15) is 0 Å². The highest BCUT2D eigenvalue weighted by Gasteiger charge is 2.04. The maximum Gasteiger partial charge on any atom is 0.130 e. The van der Waals surface area contributed by atoms with Crippen molar-refractivity contribution in [2.75, 3.05) is 0 Å². The average molecular weight is 297 g/mol. The molecule has 6 heteroatoms. The summed E-state index contributed by atoms with van der Waals surface area (Å²) in [4.78, 5) is 16.7. The van der Waals surface area contributed by atoms with E-state index in [2.05, 4.69) is 35.9 Å². The molecule has 2 aromatic rings. The number of nitrogens with zero attached hydrogens (tertiary/aromatic N) is 4. The van der Waals surface area contributed by atoms with Crippen LogP contribution in [0.3, 0.4) is 0 Å².